The summed E-state index contributed by atoms with van der Waals surface area (Å²) in [5.41, 5.74) is 4.08. The van der Waals surface area contributed by atoms with Crippen molar-refractivity contribution in [1.82, 2.24) is 20.1 Å². The van der Waals surface area contributed by atoms with Gasteiger partial charge in [-0.2, -0.15) is 0 Å². The molecule has 0 aromatic carbocycles. The van der Waals surface area contributed by atoms with Gasteiger partial charge in [0.05, 0.1) is 0 Å². The van der Waals surface area contributed by atoms with Gasteiger partial charge in [0.1, 0.15) is 17.4 Å². The minimum Gasteiger partial charge on any atom is -0.321 e. The first-order valence-corrected chi connectivity index (χ1v) is 12.4. The highest BCUT2D eigenvalue weighted by molar-refractivity contribution is 6.06. The highest BCUT2D eigenvalue weighted by Crippen LogP contribution is 2.31. The third kappa shape index (κ3) is 6.50. The van der Waals surface area contributed by atoms with E-state index in [0.29, 0.717) is 23.1 Å². The van der Waals surface area contributed by atoms with Crippen molar-refractivity contribution in [2.75, 3.05) is 13.1 Å². The molecule has 3 aliphatic rings. The second kappa shape index (κ2) is 11.9. The Kier molecular flexibility index (Phi) is 8.93. The maximum absolute atomic E-state index is 12.7. The fourth-order valence-electron chi connectivity index (χ4n) is 4.27. The molecular weight excluding hydrogens is 424 g/mol. The van der Waals surface area contributed by atoms with Gasteiger partial charge in [-0.05, 0) is 67.9 Å². The number of nitrogens with one attached hydrogen (secondary N) is 3. The Balaban J connectivity index is 0.00000158. The molecule has 1 amide bonds. The molecule has 2 aliphatic heterocycles. The van der Waals surface area contributed by atoms with Crippen LogP contribution in [0.25, 0.3) is 0 Å². The molecule has 7 nitrogen and oxygen atoms in total. The number of amides is 1. The largest absolute Gasteiger partial charge is 0.321 e. The zero-order valence-electron chi connectivity index (χ0n) is 20.8. The Bertz CT molecular complexity index is 1000. The van der Waals surface area contributed by atoms with Crippen molar-refractivity contribution in [2.45, 2.75) is 71.9 Å². The van der Waals surface area contributed by atoms with E-state index in [1.165, 1.54) is 24.0 Å². The lowest BCUT2D eigenvalue weighted by Crippen LogP contribution is -2.39. The molecule has 34 heavy (non-hydrogen) atoms. The second-order valence-corrected chi connectivity index (χ2v) is 8.88. The number of pyridine rings is 1. The number of hydrogen-bond acceptors (Lipinski definition) is 5. The molecule has 0 bridgehead atoms. The minimum atomic E-state index is -0.263. The van der Waals surface area contributed by atoms with E-state index in [9.17, 15) is 4.79 Å². The Morgan fingerprint density at radius 3 is 2.68 bits per heavy atom. The van der Waals surface area contributed by atoms with Gasteiger partial charge in [0, 0.05) is 44.0 Å². The molecule has 1 aromatic rings. The maximum Gasteiger partial charge on any atom is 0.274 e. The molecule has 3 heterocycles. The highest BCUT2D eigenvalue weighted by atomic mass is 16.1. The number of carbonyl (C=O) groups is 1. The van der Waals surface area contributed by atoms with Gasteiger partial charge in [-0.1, -0.05) is 32.6 Å². The van der Waals surface area contributed by atoms with E-state index in [-0.39, 0.29) is 5.91 Å². The molecule has 0 unspecified atom stereocenters. The molecule has 4 rings (SSSR count). The number of rotatable bonds is 6. The second-order valence-electron chi connectivity index (χ2n) is 8.88. The van der Waals surface area contributed by atoms with E-state index < -0.39 is 0 Å². The topological polar surface area (TPSA) is 96.2 Å². The van der Waals surface area contributed by atoms with Gasteiger partial charge in [0.25, 0.3) is 5.91 Å². The van der Waals surface area contributed by atoms with E-state index in [0.717, 1.165) is 56.9 Å². The number of hydrogen-bond donors (Lipinski definition) is 3. The number of aromatic nitrogens is 1. The van der Waals surface area contributed by atoms with Crippen molar-refractivity contribution < 1.29 is 4.79 Å². The molecule has 3 N–H and O–H groups in total. The van der Waals surface area contributed by atoms with Gasteiger partial charge in [-0.25, -0.2) is 0 Å². The Hall–Kier alpha value is -3.06. The molecule has 2 fully saturated rings. The molecule has 1 aliphatic carbocycles. The van der Waals surface area contributed by atoms with E-state index in [2.05, 4.69) is 21.8 Å². The van der Waals surface area contributed by atoms with Crippen molar-refractivity contribution in [1.29, 1.82) is 10.8 Å². The fraction of sp³-hybridized carbons (Fsp3) is 0.481. The molecule has 0 radical (unpaired) electrons. The zero-order valence-corrected chi connectivity index (χ0v) is 20.8. The van der Waals surface area contributed by atoms with Crippen molar-refractivity contribution >= 4 is 17.6 Å². The summed E-state index contributed by atoms with van der Waals surface area (Å²) in [6.45, 7) is 12.5. The third-order valence-electron chi connectivity index (χ3n) is 6.35. The maximum atomic E-state index is 12.7. The SMILES string of the molecule is C=C(/C=C\C=C(/C)C(=N)N1CCCCC1=N)NC(=O)c1cc2c(cn1)CCN(C1CC1)C2.CC. The standard InChI is InChI=1S/C25H32N6O.C2H6/c1-17(24(27)31-12-4-3-8-23(31)26)6-5-7-18(2)29-25(32)22-14-20-16-30(21-9-10-21)13-11-19(20)15-28-22;1-2/h5-7,14-15,21,26-27H,2-4,8-13,16H2,1H3,(H,29,32);1-2H3/b7-5-,17-6+,26-23?,27-24?;. The van der Waals surface area contributed by atoms with Crippen LogP contribution in [0.4, 0.5) is 0 Å². The van der Waals surface area contributed by atoms with Gasteiger partial charge in [0.15, 0.2) is 0 Å². The molecule has 1 aromatic heterocycles. The summed E-state index contributed by atoms with van der Waals surface area (Å²) in [4.78, 5) is 21.3. The predicted molar refractivity (Wildman–Crippen MR) is 138 cm³/mol. The Labute approximate surface area is 203 Å². The van der Waals surface area contributed by atoms with Gasteiger partial charge in [0.2, 0.25) is 0 Å². The van der Waals surface area contributed by atoms with Crippen LogP contribution in [0, 0.1) is 10.8 Å². The summed E-state index contributed by atoms with van der Waals surface area (Å²) in [6.07, 6.45) is 13.4. The smallest absolute Gasteiger partial charge is 0.274 e. The van der Waals surface area contributed by atoms with Crippen molar-refractivity contribution in [3.63, 3.8) is 0 Å². The lowest BCUT2D eigenvalue weighted by molar-refractivity contribution is 0.0962. The molecule has 0 atom stereocenters. The first kappa shape index (κ1) is 25.6. The van der Waals surface area contributed by atoms with E-state index in [1.54, 1.807) is 17.1 Å². The van der Waals surface area contributed by atoms with Crippen molar-refractivity contribution in [2.24, 2.45) is 0 Å². The van der Waals surface area contributed by atoms with Gasteiger partial charge < -0.3 is 10.2 Å². The van der Waals surface area contributed by atoms with Crippen LogP contribution in [0.15, 0.2) is 48.3 Å². The quantitative estimate of drug-likeness (QED) is 0.321. The first-order valence-electron chi connectivity index (χ1n) is 12.4. The first-order chi connectivity index (χ1) is 16.4. The summed E-state index contributed by atoms with van der Waals surface area (Å²) >= 11 is 0. The lowest BCUT2D eigenvalue weighted by atomic mass is 10.0. The molecule has 1 saturated heterocycles. The molecular formula is C27H38N6O. The van der Waals surface area contributed by atoms with Gasteiger partial charge >= 0.3 is 0 Å². The number of carbonyl (C=O) groups excluding carboxylic acids is 1. The normalized spacial score (nSPS) is 18.7. The van der Waals surface area contributed by atoms with Crippen LogP contribution in [0.1, 0.15) is 74.5 Å². The fourth-order valence-corrected chi connectivity index (χ4v) is 4.27. The average molecular weight is 463 g/mol. The number of amidine groups is 2. The Morgan fingerprint density at radius 2 is 1.97 bits per heavy atom. The Morgan fingerprint density at radius 1 is 1.21 bits per heavy atom. The summed E-state index contributed by atoms with van der Waals surface area (Å²) in [7, 11) is 0. The van der Waals surface area contributed by atoms with Crippen LogP contribution in [-0.2, 0) is 13.0 Å². The summed E-state index contributed by atoms with van der Waals surface area (Å²) in [5.74, 6) is 0.598. The van der Waals surface area contributed by atoms with Crippen molar-refractivity contribution in [3.05, 3.63) is 65.2 Å². The van der Waals surface area contributed by atoms with Crippen LogP contribution in [0.2, 0.25) is 0 Å². The van der Waals surface area contributed by atoms with Gasteiger partial charge in [-0.15, -0.1) is 0 Å². The molecule has 182 valence electrons. The van der Waals surface area contributed by atoms with Gasteiger partial charge in [-0.3, -0.25) is 25.5 Å². The summed E-state index contributed by atoms with van der Waals surface area (Å²) < 4.78 is 0. The highest BCUT2D eigenvalue weighted by Gasteiger charge is 2.31. The summed E-state index contributed by atoms with van der Waals surface area (Å²) in [5, 5.41) is 19.2. The van der Waals surface area contributed by atoms with Crippen molar-refractivity contribution in [3.8, 4) is 0 Å². The molecule has 0 spiro atoms. The summed E-state index contributed by atoms with van der Waals surface area (Å²) in [6, 6.07) is 2.63. The average Bonchev–Trinajstić information content (AvgIpc) is 3.70. The van der Waals surface area contributed by atoms with Crippen LogP contribution >= 0.6 is 0 Å². The number of allylic oxidation sites excluding steroid dienone is 3. The molecule has 1 saturated carbocycles. The predicted octanol–water partition coefficient (Wildman–Crippen LogP) is 4.81. The van der Waals surface area contributed by atoms with E-state index in [4.69, 9.17) is 10.8 Å². The monoisotopic (exact) mass is 462 g/mol. The van der Waals surface area contributed by atoms with E-state index >= 15 is 0 Å². The molecule has 7 heteroatoms. The van der Waals surface area contributed by atoms with Crippen LogP contribution in [-0.4, -0.2) is 51.5 Å². The number of likely N-dealkylation sites (tertiary alicyclic amines) is 1. The lowest BCUT2D eigenvalue weighted by Gasteiger charge is -2.29. The zero-order chi connectivity index (χ0) is 24.7. The van der Waals surface area contributed by atoms with E-state index in [1.807, 2.05) is 39.1 Å². The van der Waals surface area contributed by atoms with Crippen LogP contribution in [0.5, 0.6) is 0 Å². The third-order valence-corrected chi connectivity index (χ3v) is 6.35. The number of nitrogens with zero attached hydrogens (tertiary/aromatic N) is 3. The minimum absolute atomic E-state index is 0.263. The number of fused-ring (bicyclic) bond motifs is 1. The van der Waals surface area contributed by atoms with Crippen LogP contribution < -0.4 is 5.32 Å². The number of piperidine rings is 1. The van der Waals surface area contributed by atoms with Crippen LogP contribution in [0.3, 0.4) is 0 Å².